The first-order valence-electron chi connectivity index (χ1n) is 6.69. The van der Waals surface area contributed by atoms with Crippen molar-refractivity contribution in [1.29, 1.82) is 0 Å². The van der Waals surface area contributed by atoms with Crippen LogP contribution in [0.1, 0.15) is 32.3 Å². The largest absolute Gasteiger partial charge is 0.330 e. The Morgan fingerprint density at radius 3 is 2.68 bits per heavy atom. The van der Waals surface area contributed by atoms with Crippen LogP contribution in [-0.4, -0.2) is 12.5 Å². The highest BCUT2D eigenvalue weighted by Crippen LogP contribution is 2.19. The molecule has 0 unspecified atom stereocenters. The summed E-state index contributed by atoms with van der Waals surface area (Å²) in [5.74, 6) is 0.270. The molecule has 0 spiro atoms. The molecule has 19 heavy (non-hydrogen) atoms. The topological polar surface area (TPSA) is 55.1 Å². The summed E-state index contributed by atoms with van der Waals surface area (Å²) < 4.78 is 13.4. The standard InChI is InChI=1S/C15H23FN2O/c1-10(2)7-12(9-17)8-15(19)18-14-6-4-5-13(16)11(14)3/h4-6,10,12H,7-9,17H2,1-3H3,(H,18,19)/t12-/m0/s1. The quantitative estimate of drug-likeness (QED) is 0.831. The van der Waals surface area contributed by atoms with E-state index in [2.05, 4.69) is 19.2 Å². The molecule has 0 aliphatic rings. The molecule has 1 amide bonds. The molecule has 3 nitrogen and oxygen atoms in total. The van der Waals surface area contributed by atoms with E-state index in [4.69, 9.17) is 5.73 Å². The minimum atomic E-state index is -0.310. The molecular formula is C15H23FN2O. The molecule has 0 fully saturated rings. The predicted molar refractivity (Wildman–Crippen MR) is 76.4 cm³/mol. The molecule has 0 bridgehead atoms. The number of amides is 1. The molecule has 1 aromatic carbocycles. The van der Waals surface area contributed by atoms with Gasteiger partial charge in [-0.2, -0.15) is 0 Å². The Morgan fingerprint density at radius 1 is 1.42 bits per heavy atom. The molecule has 0 heterocycles. The fraction of sp³-hybridized carbons (Fsp3) is 0.533. The molecule has 0 saturated heterocycles. The summed E-state index contributed by atoms with van der Waals surface area (Å²) in [6, 6.07) is 4.68. The Morgan fingerprint density at radius 2 is 2.11 bits per heavy atom. The molecule has 3 N–H and O–H groups in total. The fourth-order valence-corrected chi connectivity index (χ4v) is 2.14. The number of nitrogens with one attached hydrogen (secondary N) is 1. The number of hydrogen-bond donors (Lipinski definition) is 2. The molecule has 4 heteroatoms. The summed E-state index contributed by atoms with van der Waals surface area (Å²) in [4.78, 5) is 11.9. The number of nitrogens with two attached hydrogens (primary N) is 1. The first-order chi connectivity index (χ1) is 8.93. The SMILES string of the molecule is Cc1c(F)cccc1NC(=O)C[C@@H](CN)CC(C)C. The van der Waals surface area contributed by atoms with Crippen molar-refractivity contribution in [2.24, 2.45) is 17.6 Å². The van der Waals surface area contributed by atoms with Crippen LogP contribution >= 0.6 is 0 Å². The van der Waals surface area contributed by atoms with Gasteiger partial charge in [-0.05, 0) is 43.9 Å². The lowest BCUT2D eigenvalue weighted by Crippen LogP contribution is -2.23. The van der Waals surface area contributed by atoms with E-state index in [1.807, 2.05) is 0 Å². The fourth-order valence-electron chi connectivity index (χ4n) is 2.14. The molecule has 0 aliphatic carbocycles. The second-order valence-corrected chi connectivity index (χ2v) is 5.40. The van der Waals surface area contributed by atoms with E-state index in [1.165, 1.54) is 6.07 Å². The lowest BCUT2D eigenvalue weighted by atomic mass is 9.94. The average Bonchev–Trinajstić information content (AvgIpc) is 2.33. The van der Waals surface area contributed by atoms with Gasteiger partial charge in [0.2, 0.25) is 5.91 Å². The highest BCUT2D eigenvalue weighted by atomic mass is 19.1. The van der Waals surface area contributed by atoms with Gasteiger partial charge < -0.3 is 11.1 Å². The van der Waals surface area contributed by atoms with E-state index in [0.717, 1.165) is 6.42 Å². The van der Waals surface area contributed by atoms with Gasteiger partial charge in [-0.1, -0.05) is 19.9 Å². The van der Waals surface area contributed by atoms with E-state index in [-0.39, 0.29) is 17.6 Å². The van der Waals surface area contributed by atoms with Gasteiger partial charge in [-0.15, -0.1) is 0 Å². The minimum Gasteiger partial charge on any atom is -0.330 e. The number of carbonyl (C=O) groups excluding carboxylic acids is 1. The zero-order valence-electron chi connectivity index (χ0n) is 11.9. The lowest BCUT2D eigenvalue weighted by molar-refractivity contribution is -0.117. The van der Waals surface area contributed by atoms with E-state index in [9.17, 15) is 9.18 Å². The van der Waals surface area contributed by atoms with Crippen molar-refractivity contribution in [3.63, 3.8) is 0 Å². The van der Waals surface area contributed by atoms with Crippen LogP contribution in [-0.2, 0) is 4.79 Å². The normalized spacial score (nSPS) is 12.5. The number of hydrogen-bond acceptors (Lipinski definition) is 2. The third kappa shape index (κ3) is 4.99. The second-order valence-electron chi connectivity index (χ2n) is 5.40. The van der Waals surface area contributed by atoms with Crippen molar-refractivity contribution in [2.75, 3.05) is 11.9 Å². The summed E-state index contributed by atoms with van der Waals surface area (Å²) in [6.07, 6.45) is 1.30. The van der Waals surface area contributed by atoms with Crippen LogP contribution in [0, 0.1) is 24.6 Å². The van der Waals surface area contributed by atoms with Gasteiger partial charge >= 0.3 is 0 Å². The van der Waals surface area contributed by atoms with E-state index < -0.39 is 0 Å². The van der Waals surface area contributed by atoms with E-state index in [0.29, 0.717) is 30.1 Å². The summed E-state index contributed by atoms with van der Waals surface area (Å²) in [7, 11) is 0. The van der Waals surface area contributed by atoms with Crippen molar-refractivity contribution < 1.29 is 9.18 Å². The van der Waals surface area contributed by atoms with Crippen LogP contribution < -0.4 is 11.1 Å². The molecular weight excluding hydrogens is 243 g/mol. The van der Waals surface area contributed by atoms with Crippen LogP contribution in [0.3, 0.4) is 0 Å². The Hall–Kier alpha value is -1.42. The smallest absolute Gasteiger partial charge is 0.224 e. The van der Waals surface area contributed by atoms with Gasteiger partial charge in [-0.25, -0.2) is 4.39 Å². The number of rotatable bonds is 6. The Balaban J connectivity index is 2.62. The third-order valence-electron chi connectivity index (χ3n) is 3.15. The molecule has 0 aromatic heterocycles. The van der Waals surface area contributed by atoms with Crippen molar-refractivity contribution in [1.82, 2.24) is 0 Å². The molecule has 1 atom stereocenters. The van der Waals surface area contributed by atoms with Crippen molar-refractivity contribution in [2.45, 2.75) is 33.6 Å². The van der Waals surface area contributed by atoms with Crippen LogP contribution in [0.5, 0.6) is 0 Å². The zero-order chi connectivity index (χ0) is 14.4. The van der Waals surface area contributed by atoms with E-state index in [1.54, 1.807) is 19.1 Å². The molecule has 0 saturated carbocycles. The van der Waals surface area contributed by atoms with Gasteiger partial charge in [0.1, 0.15) is 5.82 Å². The predicted octanol–water partition coefficient (Wildman–Crippen LogP) is 3.08. The first-order valence-corrected chi connectivity index (χ1v) is 6.69. The molecule has 1 rings (SSSR count). The lowest BCUT2D eigenvalue weighted by Gasteiger charge is -2.17. The van der Waals surface area contributed by atoms with Crippen molar-refractivity contribution >= 4 is 11.6 Å². The Bertz CT molecular complexity index is 432. The van der Waals surface area contributed by atoms with Gasteiger partial charge in [0, 0.05) is 17.7 Å². The molecule has 0 radical (unpaired) electrons. The Labute approximate surface area is 114 Å². The first kappa shape index (κ1) is 15.6. The Kier molecular flexibility index (Phi) is 5.96. The van der Waals surface area contributed by atoms with Crippen molar-refractivity contribution in [3.05, 3.63) is 29.6 Å². The second kappa shape index (κ2) is 7.24. The van der Waals surface area contributed by atoms with Crippen LogP contribution in [0.4, 0.5) is 10.1 Å². The number of benzene rings is 1. The third-order valence-corrected chi connectivity index (χ3v) is 3.15. The molecule has 106 valence electrons. The monoisotopic (exact) mass is 266 g/mol. The molecule has 0 aliphatic heterocycles. The summed E-state index contributed by atoms with van der Waals surface area (Å²) in [6.45, 7) is 6.36. The maximum Gasteiger partial charge on any atom is 0.224 e. The minimum absolute atomic E-state index is 0.107. The van der Waals surface area contributed by atoms with Gasteiger partial charge in [0.05, 0.1) is 0 Å². The van der Waals surface area contributed by atoms with Crippen LogP contribution in [0.25, 0.3) is 0 Å². The number of anilines is 1. The highest BCUT2D eigenvalue weighted by Gasteiger charge is 2.15. The van der Waals surface area contributed by atoms with Gasteiger partial charge in [-0.3, -0.25) is 4.79 Å². The maximum absolute atomic E-state index is 13.4. The summed E-state index contributed by atoms with van der Waals surface area (Å²) >= 11 is 0. The van der Waals surface area contributed by atoms with Crippen molar-refractivity contribution in [3.8, 4) is 0 Å². The zero-order valence-corrected chi connectivity index (χ0v) is 11.9. The molecule has 1 aromatic rings. The van der Waals surface area contributed by atoms with E-state index >= 15 is 0 Å². The average molecular weight is 266 g/mol. The summed E-state index contributed by atoms with van der Waals surface area (Å²) in [5.41, 5.74) is 6.67. The van der Waals surface area contributed by atoms with Crippen LogP contribution in [0.15, 0.2) is 18.2 Å². The maximum atomic E-state index is 13.4. The van der Waals surface area contributed by atoms with Crippen LogP contribution in [0.2, 0.25) is 0 Å². The summed E-state index contributed by atoms with van der Waals surface area (Å²) in [5, 5.41) is 2.75. The highest BCUT2D eigenvalue weighted by molar-refractivity contribution is 5.91. The van der Waals surface area contributed by atoms with Gasteiger partial charge in [0.15, 0.2) is 0 Å². The number of carbonyl (C=O) groups is 1. The van der Waals surface area contributed by atoms with Gasteiger partial charge in [0.25, 0.3) is 0 Å². The number of halogens is 1.